The van der Waals surface area contributed by atoms with Gasteiger partial charge in [-0.3, -0.25) is 10.00 Å². The number of hydrogen-bond acceptors (Lipinski definition) is 5. The second-order valence-corrected chi connectivity index (χ2v) is 9.11. The average Bonchev–Trinajstić information content (AvgIpc) is 3.59. The van der Waals surface area contributed by atoms with E-state index in [0.29, 0.717) is 23.5 Å². The molecule has 1 aliphatic rings. The van der Waals surface area contributed by atoms with E-state index >= 15 is 0 Å². The Kier molecular flexibility index (Phi) is 6.72. The highest BCUT2D eigenvalue weighted by molar-refractivity contribution is 5.91. The number of carbonyl (C=O) groups excluding carboxylic acids is 1. The Balaban J connectivity index is 1.43. The largest absolute Gasteiger partial charge is 0.395 e. The third-order valence-corrected chi connectivity index (χ3v) is 6.53. The van der Waals surface area contributed by atoms with E-state index in [0.717, 1.165) is 28.9 Å². The fourth-order valence-electron chi connectivity index (χ4n) is 4.71. The Bertz CT molecular complexity index is 1420. The van der Waals surface area contributed by atoms with Crippen molar-refractivity contribution in [3.63, 3.8) is 0 Å². The van der Waals surface area contributed by atoms with Gasteiger partial charge in [0, 0.05) is 30.4 Å². The maximum Gasteiger partial charge on any atom is 0.320 e. The zero-order valence-corrected chi connectivity index (χ0v) is 20.3. The highest BCUT2D eigenvalue weighted by atomic mass is 19.2. The lowest BCUT2D eigenvalue weighted by atomic mass is 10.00. The number of hydrogen-bond donors (Lipinski definition) is 4. The number of benzene rings is 2. The third kappa shape index (κ3) is 4.95. The number of halogens is 2. The van der Waals surface area contributed by atoms with Crippen LogP contribution < -0.4 is 16.0 Å². The van der Waals surface area contributed by atoms with E-state index < -0.39 is 29.7 Å². The molecule has 2 aromatic heterocycles. The van der Waals surface area contributed by atoms with Crippen molar-refractivity contribution in [1.82, 2.24) is 30.2 Å². The summed E-state index contributed by atoms with van der Waals surface area (Å²) in [5.74, 6) is -1.44. The number of nitrogens with one attached hydrogen (secondary N) is 3. The molecule has 3 heterocycles. The van der Waals surface area contributed by atoms with Gasteiger partial charge in [-0.05, 0) is 43.2 Å². The van der Waals surface area contributed by atoms with Gasteiger partial charge in [-0.15, -0.1) is 0 Å². The van der Waals surface area contributed by atoms with Gasteiger partial charge >= 0.3 is 6.03 Å². The summed E-state index contributed by atoms with van der Waals surface area (Å²) in [5.41, 5.74) is 3.47. The van der Waals surface area contributed by atoms with Gasteiger partial charge in [0.05, 0.1) is 30.6 Å². The molecule has 3 atom stereocenters. The van der Waals surface area contributed by atoms with Crippen molar-refractivity contribution in [2.24, 2.45) is 7.05 Å². The number of urea groups is 1. The molecule has 0 radical (unpaired) electrons. The van der Waals surface area contributed by atoms with Gasteiger partial charge in [0.15, 0.2) is 11.6 Å². The summed E-state index contributed by atoms with van der Waals surface area (Å²) in [6.07, 6.45) is 3.96. The lowest BCUT2D eigenvalue weighted by Gasteiger charge is -2.22. The number of carbonyl (C=O) groups is 1. The minimum absolute atomic E-state index is 0.158. The van der Waals surface area contributed by atoms with Crippen LogP contribution >= 0.6 is 0 Å². The van der Waals surface area contributed by atoms with Crippen LogP contribution in [0.5, 0.6) is 0 Å². The number of aliphatic hydroxyl groups excluding tert-OH is 1. The summed E-state index contributed by atoms with van der Waals surface area (Å²) in [5, 5.41) is 27.7. The topological polar surface area (TPSA) is 109 Å². The first kappa shape index (κ1) is 24.6. The molecule has 9 nitrogen and oxygen atoms in total. The molecular formula is C26H27F2N7O2. The summed E-state index contributed by atoms with van der Waals surface area (Å²) in [6.45, 7) is 1.71. The van der Waals surface area contributed by atoms with Crippen molar-refractivity contribution in [2.75, 3.05) is 11.9 Å². The van der Waals surface area contributed by atoms with E-state index in [4.69, 9.17) is 5.10 Å². The molecule has 4 N–H and O–H groups in total. The van der Waals surface area contributed by atoms with Crippen LogP contribution in [-0.2, 0) is 7.05 Å². The molecule has 37 heavy (non-hydrogen) atoms. The first-order valence-electron chi connectivity index (χ1n) is 11.9. The average molecular weight is 508 g/mol. The van der Waals surface area contributed by atoms with E-state index in [1.54, 1.807) is 15.6 Å². The number of amides is 2. The van der Waals surface area contributed by atoms with Crippen LogP contribution in [0.15, 0.2) is 60.9 Å². The molecule has 2 amide bonds. The number of para-hydroxylation sites is 1. The van der Waals surface area contributed by atoms with Crippen molar-refractivity contribution in [3.8, 4) is 16.9 Å². The summed E-state index contributed by atoms with van der Waals surface area (Å²) in [4.78, 5) is 13.2. The van der Waals surface area contributed by atoms with Gasteiger partial charge < -0.3 is 15.7 Å². The van der Waals surface area contributed by atoms with Gasteiger partial charge in [0.25, 0.3) is 0 Å². The molecule has 0 aliphatic carbocycles. The smallest absolute Gasteiger partial charge is 0.320 e. The molecule has 0 unspecified atom stereocenters. The summed E-state index contributed by atoms with van der Waals surface area (Å²) in [6, 6.07) is 11.3. The molecule has 0 saturated carbocycles. The number of anilines is 1. The van der Waals surface area contributed by atoms with Crippen molar-refractivity contribution < 1.29 is 18.7 Å². The van der Waals surface area contributed by atoms with Gasteiger partial charge in [-0.1, -0.05) is 24.3 Å². The van der Waals surface area contributed by atoms with Crippen LogP contribution in [0, 0.1) is 18.6 Å². The maximum absolute atomic E-state index is 13.9. The lowest BCUT2D eigenvalue weighted by molar-refractivity contribution is 0.245. The molecule has 11 heteroatoms. The number of rotatable bonds is 6. The number of aryl methyl sites for hydroxylation is 1. The predicted molar refractivity (Wildman–Crippen MR) is 134 cm³/mol. The Morgan fingerprint density at radius 3 is 2.65 bits per heavy atom. The summed E-state index contributed by atoms with van der Waals surface area (Å²) >= 11 is 0. The summed E-state index contributed by atoms with van der Waals surface area (Å²) < 4.78 is 30.7. The maximum atomic E-state index is 13.9. The quantitative estimate of drug-likeness (QED) is 0.320. The molecule has 1 saturated heterocycles. The second-order valence-electron chi connectivity index (χ2n) is 9.11. The SMILES string of the molecule is Cc1c(-c2cnn(C)c2)nn(-c2ccccc2)c1NC(=O)N[C@@H]1C[C@@H](CO)N[C@H]1c1ccc(F)c(F)c1. The second kappa shape index (κ2) is 10.1. The summed E-state index contributed by atoms with van der Waals surface area (Å²) in [7, 11) is 1.82. The fourth-order valence-corrected chi connectivity index (χ4v) is 4.71. The first-order chi connectivity index (χ1) is 17.8. The van der Waals surface area contributed by atoms with Gasteiger partial charge in [-0.25, -0.2) is 18.3 Å². The van der Waals surface area contributed by atoms with E-state index in [-0.39, 0.29) is 12.6 Å². The van der Waals surface area contributed by atoms with Crippen molar-refractivity contribution in [1.29, 1.82) is 0 Å². The van der Waals surface area contributed by atoms with Crippen LogP contribution in [0.4, 0.5) is 19.4 Å². The van der Waals surface area contributed by atoms with Gasteiger partial charge in [0.2, 0.25) is 0 Å². The fraction of sp³-hybridized carbons (Fsp3) is 0.269. The Morgan fingerprint density at radius 1 is 1.19 bits per heavy atom. The lowest BCUT2D eigenvalue weighted by Crippen LogP contribution is -2.41. The minimum Gasteiger partial charge on any atom is -0.395 e. The van der Waals surface area contributed by atoms with Gasteiger partial charge in [-0.2, -0.15) is 10.2 Å². The van der Waals surface area contributed by atoms with Gasteiger partial charge in [0.1, 0.15) is 11.5 Å². The van der Waals surface area contributed by atoms with Crippen molar-refractivity contribution >= 4 is 11.8 Å². The standard InChI is InChI=1S/C26H27F2N7O2/c1-15-23(17-12-29-34(2)13-17)33-35(19-6-4-3-5-7-19)25(15)32-26(37)31-22-11-18(14-36)30-24(22)16-8-9-20(27)21(28)10-16/h3-10,12-13,18,22,24,30,36H,11,14H2,1-2H3,(H2,31,32,37)/t18-,22+,24-/m0/s1. The molecule has 5 rings (SSSR count). The zero-order chi connectivity index (χ0) is 26.1. The van der Waals surface area contributed by atoms with Crippen LogP contribution in [-0.4, -0.2) is 49.4 Å². The molecular weight excluding hydrogens is 480 g/mol. The van der Waals surface area contributed by atoms with Crippen molar-refractivity contribution in [3.05, 3.63) is 83.7 Å². The zero-order valence-electron chi connectivity index (χ0n) is 20.3. The number of aromatic nitrogens is 4. The minimum atomic E-state index is -0.972. The molecule has 2 aromatic carbocycles. The van der Waals surface area contributed by atoms with E-state index in [1.165, 1.54) is 6.07 Å². The Morgan fingerprint density at radius 2 is 1.97 bits per heavy atom. The monoisotopic (exact) mass is 507 g/mol. The molecule has 1 fully saturated rings. The molecule has 0 spiro atoms. The third-order valence-electron chi connectivity index (χ3n) is 6.53. The molecule has 4 aromatic rings. The highest BCUT2D eigenvalue weighted by Crippen LogP contribution is 2.31. The highest BCUT2D eigenvalue weighted by Gasteiger charge is 2.36. The first-order valence-corrected chi connectivity index (χ1v) is 11.9. The Hall–Kier alpha value is -4.09. The van der Waals surface area contributed by atoms with E-state index in [1.807, 2.05) is 50.5 Å². The van der Waals surface area contributed by atoms with Crippen molar-refractivity contribution in [2.45, 2.75) is 31.5 Å². The van der Waals surface area contributed by atoms with Crippen LogP contribution in [0.3, 0.4) is 0 Å². The van der Waals surface area contributed by atoms with Crippen LogP contribution in [0.25, 0.3) is 16.9 Å². The molecule has 192 valence electrons. The van der Waals surface area contributed by atoms with E-state index in [9.17, 15) is 18.7 Å². The van der Waals surface area contributed by atoms with Crippen LogP contribution in [0.2, 0.25) is 0 Å². The number of nitrogens with zero attached hydrogens (tertiary/aromatic N) is 4. The Labute approximate surface area is 212 Å². The number of aliphatic hydroxyl groups is 1. The van der Waals surface area contributed by atoms with Crippen LogP contribution in [0.1, 0.15) is 23.6 Å². The molecule has 0 bridgehead atoms. The molecule has 1 aliphatic heterocycles. The van der Waals surface area contributed by atoms with E-state index in [2.05, 4.69) is 21.0 Å². The predicted octanol–water partition coefficient (Wildman–Crippen LogP) is 3.45. The normalized spacial score (nSPS) is 19.2.